The summed E-state index contributed by atoms with van der Waals surface area (Å²) in [6.45, 7) is 0.567. The molecule has 3 aromatic carbocycles. The van der Waals surface area contributed by atoms with E-state index in [0.29, 0.717) is 34.9 Å². The van der Waals surface area contributed by atoms with Crippen molar-refractivity contribution in [2.24, 2.45) is 4.99 Å². The fourth-order valence-corrected chi connectivity index (χ4v) is 4.88. The van der Waals surface area contributed by atoms with Gasteiger partial charge in [-0.15, -0.1) is 0 Å². The summed E-state index contributed by atoms with van der Waals surface area (Å²) in [7, 11) is 1.54. The Morgan fingerprint density at radius 1 is 0.933 bits per heavy atom. The van der Waals surface area contributed by atoms with Crippen LogP contribution in [0.5, 0.6) is 5.75 Å². The molecule has 0 fully saturated rings. The van der Waals surface area contributed by atoms with E-state index in [1.165, 1.54) is 18.2 Å². The van der Waals surface area contributed by atoms with Crippen LogP contribution in [0.3, 0.4) is 0 Å². The lowest BCUT2D eigenvalue weighted by molar-refractivity contribution is 0.101. The lowest BCUT2D eigenvalue weighted by atomic mass is 10.0. The van der Waals surface area contributed by atoms with Crippen LogP contribution < -0.4 is 20.7 Å². The van der Waals surface area contributed by atoms with Gasteiger partial charge in [0.1, 0.15) is 29.5 Å². The van der Waals surface area contributed by atoms with E-state index in [1.54, 1.807) is 54.4 Å². The number of aromatic nitrogens is 2. The number of aliphatic imine (C=N–C) groups is 1. The van der Waals surface area contributed by atoms with Crippen molar-refractivity contribution >= 4 is 34.7 Å². The number of pyridine rings is 1. The number of ether oxygens (including phenoxy) is 2. The number of nitrogens with zero attached hydrogens (tertiary/aromatic N) is 3. The number of carbonyl (C=O) groups excluding carboxylic acids is 1. The summed E-state index contributed by atoms with van der Waals surface area (Å²) in [4.78, 5) is 17.2. The second kappa shape index (κ2) is 12.9. The number of amides is 1. The van der Waals surface area contributed by atoms with Gasteiger partial charge in [-0.3, -0.25) is 4.79 Å². The zero-order valence-electron chi connectivity index (χ0n) is 23.9. The quantitative estimate of drug-likeness (QED) is 0.165. The first-order valence-electron chi connectivity index (χ1n) is 13.9. The molecule has 1 amide bonds. The number of carbonyl (C=O) groups is 1. The van der Waals surface area contributed by atoms with Gasteiger partial charge in [-0.25, -0.2) is 22.7 Å². The number of allylic oxidation sites excluding steroid dienone is 1. The van der Waals surface area contributed by atoms with Gasteiger partial charge in [-0.2, -0.15) is 5.10 Å². The van der Waals surface area contributed by atoms with Crippen molar-refractivity contribution in [3.05, 3.63) is 120 Å². The zero-order chi connectivity index (χ0) is 31.3. The summed E-state index contributed by atoms with van der Waals surface area (Å²) in [5.41, 5.74) is 3.56. The molecule has 0 radical (unpaired) electrons. The van der Waals surface area contributed by atoms with E-state index in [2.05, 4.69) is 20.9 Å². The fraction of sp³-hybridized carbons (Fsp3) is 0.121. The third kappa shape index (κ3) is 6.36. The van der Waals surface area contributed by atoms with E-state index in [9.17, 15) is 18.0 Å². The number of nitrogens with one attached hydrogen (secondary N) is 3. The van der Waals surface area contributed by atoms with Gasteiger partial charge in [-0.05, 0) is 54.6 Å². The minimum Gasteiger partial charge on any atom is -0.488 e. The van der Waals surface area contributed by atoms with Crippen LogP contribution in [0.4, 0.5) is 24.5 Å². The number of anilines is 2. The van der Waals surface area contributed by atoms with Gasteiger partial charge < -0.3 is 25.4 Å². The first kappa shape index (κ1) is 29.5. The smallest absolute Gasteiger partial charge is 0.261 e. The number of methoxy groups -OCH3 is 1. The topological polar surface area (TPSA) is 101 Å². The standard InChI is InChI=1S/C33H27F3N6O3/c1-44-16-17-45-28-12-11-22(19-25(28)36)39-33-37-14-13-26(40-33)30-27-10-2-3-15-42(27)41-31(30)20-6-4-7-21(18-20)38-32(43)29-23(34)8-5-9-24(29)35/h2-15,18-19,33,39-40H,16-17H2,1H3,(H,38,43). The molecule has 12 heteroatoms. The average molecular weight is 613 g/mol. The molecule has 1 atom stereocenters. The van der Waals surface area contributed by atoms with Crippen molar-refractivity contribution in [1.29, 1.82) is 0 Å². The van der Waals surface area contributed by atoms with E-state index in [-0.39, 0.29) is 12.4 Å². The van der Waals surface area contributed by atoms with Gasteiger partial charge in [0, 0.05) is 42.5 Å². The Morgan fingerprint density at radius 2 is 1.76 bits per heavy atom. The first-order valence-corrected chi connectivity index (χ1v) is 13.9. The molecule has 3 heterocycles. The molecular weight excluding hydrogens is 585 g/mol. The minimum atomic E-state index is -0.958. The molecule has 228 valence electrons. The zero-order valence-corrected chi connectivity index (χ0v) is 23.9. The van der Waals surface area contributed by atoms with Crippen molar-refractivity contribution < 1.29 is 27.4 Å². The largest absolute Gasteiger partial charge is 0.488 e. The molecule has 0 spiro atoms. The van der Waals surface area contributed by atoms with Gasteiger partial charge in [0.15, 0.2) is 17.9 Å². The number of benzene rings is 3. The SMILES string of the molecule is COCCOc1ccc(NC2N=CC=C(c3c(-c4cccc(NC(=O)c5c(F)cccc5F)c4)nn4ccccc34)N2)cc1F. The van der Waals surface area contributed by atoms with Crippen LogP contribution in [0.25, 0.3) is 22.5 Å². The molecule has 6 rings (SSSR count). The second-order valence-corrected chi connectivity index (χ2v) is 9.94. The molecular formula is C33H27F3N6O3. The van der Waals surface area contributed by atoms with Gasteiger partial charge in [0.25, 0.3) is 5.91 Å². The van der Waals surface area contributed by atoms with Crippen molar-refractivity contribution in [3.8, 4) is 17.0 Å². The molecule has 1 aliphatic rings. The summed E-state index contributed by atoms with van der Waals surface area (Å²) in [5.74, 6) is -3.24. The predicted molar refractivity (Wildman–Crippen MR) is 166 cm³/mol. The van der Waals surface area contributed by atoms with Crippen LogP contribution in [-0.2, 0) is 4.74 Å². The third-order valence-corrected chi connectivity index (χ3v) is 6.94. The maximum Gasteiger partial charge on any atom is 0.261 e. The van der Waals surface area contributed by atoms with E-state index in [0.717, 1.165) is 23.2 Å². The fourth-order valence-electron chi connectivity index (χ4n) is 4.88. The number of hydrogen-bond donors (Lipinski definition) is 3. The van der Waals surface area contributed by atoms with Crippen molar-refractivity contribution in [1.82, 2.24) is 14.9 Å². The maximum atomic E-state index is 14.6. The highest BCUT2D eigenvalue weighted by Gasteiger charge is 2.23. The number of rotatable bonds is 10. The average Bonchev–Trinajstić information content (AvgIpc) is 3.42. The Labute approximate surface area is 256 Å². The summed E-state index contributed by atoms with van der Waals surface area (Å²) in [5, 5.41) is 13.9. The van der Waals surface area contributed by atoms with Crippen molar-refractivity contribution in [3.63, 3.8) is 0 Å². The Kier molecular flexibility index (Phi) is 8.47. The van der Waals surface area contributed by atoms with E-state index >= 15 is 0 Å². The second-order valence-electron chi connectivity index (χ2n) is 9.94. The van der Waals surface area contributed by atoms with E-state index in [1.807, 2.05) is 24.3 Å². The van der Waals surface area contributed by atoms with Crippen LogP contribution in [0, 0.1) is 17.5 Å². The Bertz CT molecular complexity index is 1920. The van der Waals surface area contributed by atoms with Crippen LogP contribution >= 0.6 is 0 Å². The van der Waals surface area contributed by atoms with Crippen molar-refractivity contribution in [2.75, 3.05) is 31.0 Å². The highest BCUT2D eigenvalue weighted by molar-refractivity contribution is 6.05. The van der Waals surface area contributed by atoms with Crippen LogP contribution in [0.2, 0.25) is 0 Å². The van der Waals surface area contributed by atoms with E-state index < -0.39 is 35.2 Å². The van der Waals surface area contributed by atoms with Crippen molar-refractivity contribution in [2.45, 2.75) is 6.29 Å². The molecule has 0 saturated heterocycles. The first-order chi connectivity index (χ1) is 21.9. The van der Waals surface area contributed by atoms with Gasteiger partial charge in [0.2, 0.25) is 0 Å². The number of fused-ring (bicyclic) bond motifs is 1. The van der Waals surface area contributed by atoms with Crippen LogP contribution in [0.1, 0.15) is 15.9 Å². The Hall–Kier alpha value is -5.62. The summed E-state index contributed by atoms with van der Waals surface area (Å²) in [6, 6.07) is 20.3. The maximum absolute atomic E-state index is 14.6. The Morgan fingerprint density at radius 3 is 2.56 bits per heavy atom. The highest BCUT2D eigenvalue weighted by Crippen LogP contribution is 2.33. The Balaban J connectivity index is 1.26. The third-order valence-electron chi connectivity index (χ3n) is 6.94. The van der Waals surface area contributed by atoms with Crippen LogP contribution in [-0.4, -0.2) is 48.3 Å². The molecule has 2 aromatic heterocycles. The normalized spacial score (nSPS) is 14.1. The van der Waals surface area contributed by atoms with Gasteiger partial charge >= 0.3 is 0 Å². The van der Waals surface area contributed by atoms with Gasteiger partial charge in [-0.1, -0.05) is 24.3 Å². The molecule has 9 nitrogen and oxygen atoms in total. The predicted octanol–water partition coefficient (Wildman–Crippen LogP) is 6.11. The number of halogens is 3. The lowest BCUT2D eigenvalue weighted by Crippen LogP contribution is -2.35. The lowest BCUT2D eigenvalue weighted by Gasteiger charge is -2.23. The van der Waals surface area contributed by atoms with Crippen LogP contribution in [0.15, 0.2) is 96.1 Å². The molecule has 3 N–H and O–H groups in total. The monoisotopic (exact) mass is 612 g/mol. The molecule has 45 heavy (non-hydrogen) atoms. The minimum absolute atomic E-state index is 0.117. The molecule has 0 bridgehead atoms. The highest BCUT2D eigenvalue weighted by atomic mass is 19.1. The summed E-state index contributed by atoms with van der Waals surface area (Å²) < 4.78 is 55.1. The summed E-state index contributed by atoms with van der Waals surface area (Å²) in [6.07, 6.45) is 4.60. The number of hydrogen-bond acceptors (Lipinski definition) is 7. The molecule has 1 aliphatic heterocycles. The molecule has 0 saturated carbocycles. The molecule has 1 unspecified atom stereocenters. The van der Waals surface area contributed by atoms with E-state index in [4.69, 9.17) is 14.6 Å². The molecule has 5 aromatic rings. The molecule has 0 aliphatic carbocycles. The van der Waals surface area contributed by atoms with Gasteiger partial charge in [0.05, 0.1) is 23.4 Å². The summed E-state index contributed by atoms with van der Waals surface area (Å²) >= 11 is 0.